The van der Waals surface area contributed by atoms with E-state index in [4.69, 9.17) is 21.1 Å². The van der Waals surface area contributed by atoms with Gasteiger partial charge >= 0.3 is 6.18 Å². The van der Waals surface area contributed by atoms with E-state index >= 15 is 0 Å². The zero-order valence-electron chi connectivity index (χ0n) is 16.4. The van der Waals surface area contributed by atoms with Gasteiger partial charge in [0.25, 0.3) is 5.91 Å². The van der Waals surface area contributed by atoms with Gasteiger partial charge in [0.05, 0.1) is 23.8 Å². The summed E-state index contributed by atoms with van der Waals surface area (Å²) in [6.45, 7) is 6.57. The van der Waals surface area contributed by atoms with E-state index in [0.717, 1.165) is 18.6 Å². The molecular weight excluding hydrogens is 407 g/mol. The van der Waals surface area contributed by atoms with Crippen molar-refractivity contribution in [2.75, 3.05) is 18.5 Å². The second-order valence-electron chi connectivity index (χ2n) is 6.74. The lowest BCUT2D eigenvalue weighted by molar-refractivity contribution is -0.137. The molecule has 0 saturated carbocycles. The molecule has 0 spiro atoms. The SMILES string of the molecule is CCOc1cccc(OCCC(C)C)c1C(=O)Nc1ccc(Cl)c(C(F)(F)F)c1. The number of carbonyl (C=O) groups is 1. The molecule has 0 radical (unpaired) electrons. The summed E-state index contributed by atoms with van der Waals surface area (Å²) in [5.74, 6) is 0.373. The Bertz CT molecular complexity index is 854. The number of ether oxygens (including phenoxy) is 2. The summed E-state index contributed by atoms with van der Waals surface area (Å²) < 4.78 is 50.5. The van der Waals surface area contributed by atoms with Crippen LogP contribution in [0.5, 0.6) is 11.5 Å². The predicted molar refractivity (Wildman–Crippen MR) is 107 cm³/mol. The molecule has 1 N–H and O–H groups in total. The van der Waals surface area contributed by atoms with Gasteiger partial charge in [-0.3, -0.25) is 4.79 Å². The molecule has 2 aromatic carbocycles. The molecular formula is C21H23ClF3NO3. The van der Waals surface area contributed by atoms with Gasteiger partial charge in [0.2, 0.25) is 0 Å². The van der Waals surface area contributed by atoms with E-state index in [1.165, 1.54) is 6.07 Å². The third-order valence-electron chi connectivity index (χ3n) is 4.00. The molecule has 0 aliphatic carbocycles. The maximum atomic E-state index is 13.1. The number of hydrogen-bond donors (Lipinski definition) is 1. The van der Waals surface area contributed by atoms with Crippen molar-refractivity contribution in [3.8, 4) is 11.5 Å². The molecule has 0 unspecified atom stereocenters. The molecule has 0 saturated heterocycles. The molecule has 2 aromatic rings. The van der Waals surface area contributed by atoms with E-state index in [2.05, 4.69) is 5.32 Å². The van der Waals surface area contributed by atoms with Gasteiger partial charge in [0.1, 0.15) is 17.1 Å². The van der Waals surface area contributed by atoms with Crippen LogP contribution in [0.25, 0.3) is 0 Å². The highest BCUT2D eigenvalue weighted by Gasteiger charge is 2.33. The molecule has 8 heteroatoms. The topological polar surface area (TPSA) is 47.6 Å². The van der Waals surface area contributed by atoms with E-state index < -0.39 is 22.7 Å². The highest BCUT2D eigenvalue weighted by Crippen LogP contribution is 2.37. The Kier molecular flexibility index (Phi) is 7.79. The van der Waals surface area contributed by atoms with Crippen LogP contribution < -0.4 is 14.8 Å². The fourth-order valence-corrected chi connectivity index (χ4v) is 2.77. The van der Waals surface area contributed by atoms with Crippen molar-refractivity contribution < 1.29 is 27.4 Å². The molecule has 0 bridgehead atoms. The Hall–Kier alpha value is -2.41. The van der Waals surface area contributed by atoms with E-state index in [9.17, 15) is 18.0 Å². The molecule has 2 rings (SSSR count). The van der Waals surface area contributed by atoms with Crippen molar-refractivity contribution >= 4 is 23.2 Å². The van der Waals surface area contributed by atoms with Crippen LogP contribution in [0.15, 0.2) is 36.4 Å². The number of halogens is 4. The number of rotatable bonds is 8. The minimum atomic E-state index is -4.63. The first-order chi connectivity index (χ1) is 13.6. The molecule has 0 fully saturated rings. The fraction of sp³-hybridized carbons (Fsp3) is 0.381. The van der Waals surface area contributed by atoms with Crippen molar-refractivity contribution in [3.63, 3.8) is 0 Å². The normalized spacial score (nSPS) is 11.4. The summed E-state index contributed by atoms with van der Waals surface area (Å²) in [7, 11) is 0. The van der Waals surface area contributed by atoms with Crippen LogP contribution in [0.4, 0.5) is 18.9 Å². The number of alkyl halides is 3. The Morgan fingerprint density at radius 1 is 1.14 bits per heavy atom. The van der Waals surface area contributed by atoms with Crippen LogP contribution in [-0.4, -0.2) is 19.1 Å². The monoisotopic (exact) mass is 429 g/mol. The van der Waals surface area contributed by atoms with Crippen molar-refractivity contribution in [1.82, 2.24) is 0 Å². The Morgan fingerprint density at radius 2 is 1.79 bits per heavy atom. The lowest BCUT2D eigenvalue weighted by Gasteiger charge is -2.17. The summed E-state index contributed by atoms with van der Waals surface area (Å²) in [5, 5.41) is 2.04. The van der Waals surface area contributed by atoms with E-state index in [1.54, 1.807) is 25.1 Å². The molecule has 0 atom stereocenters. The summed E-state index contributed by atoms with van der Waals surface area (Å²) >= 11 is 5.64. The average Bonchev–Trinajstić information content (AvgIpc) is 2.62. The average molecular weight is 430 g/mol. The molecule has 4 nitrogen and oxygen atoms in total. The maximum Gasteiger partial charge on any atom is 0.417 e. The minimum Gasteiger partial charge on any atom is -0.493 e. The predicted octanol–water partition coefficient (Wildman–Crippen LogP) is 6.43. The van der Waals surface area contributed by atoms with Crippen LogP contribution in [0, 0.1) is 5.92 Å². The first-order valence-corrected chi connectivity index (χ1v) is 9.58. The lowest BCUT2D eigenvalue weighted by atomic mass is 10.1. The summed E-state index contributed by atoms with van der Waals surface area (Å²) in [4.78, 5) is 12.9. The van der Waals surface area contributed by atoms with E-state index in [0.29, 0.717) is 24.9 Å². The van der Waals surface area contributed by atoms with E-state index in [1.807, 2.05) is 13.8 Å². The smallest absolute Gasteiger partial charge is 0.417 e. The quantitative estimate of drug-likeness (QED) is 0.525. The third kappa shape index (κ3) is 6.29. The summed E-state index contributed by atoms with van der Waals surface area (Å²) in [6.07, 6.45) is -3.85. The molecule has 29 heavy (non-hydrogen) atoms. The lowest BCUT2D eigenvalue weighted by Crippen LogP contribution is -2.17. The highest BCUT2D eigenvalue weighted by molar-refractivity contribution is 6.31. The van der Waals surface area contributed by atoms with Crippen LogP contribution in [0.2, 0.25) is 5.02 Å². The van der Waals surface area contributed by atoms with Crippen LogP contribution in [0.1, 0.15) is 43.1 Å². The van der Waals surface area contributed by atoms with Gasteiger partial charge in [0, 0.05) is 5.69 Å². The standard InChI is InChI=1S/C21H23ClF3NO3/c1-4-28-17-6-5-7-18(29-11-10-13(2)3)19(17)20(27)26-14-8-9-16(22)15(12-14)21(23,24)25/h5-9,12-13H,4,10-11H2,1-3H3,(H,26,27). The fourth-order valence-electron chi connectivity index (χ4n) is 2.55. The van der Waals surface area contributed by atoms with Gasteiger partial charge in [0.15, 0.2) is 0 Å². The first-order valence-electron chi connectivity index (χ1n) is 9.20. The Labute approximate surface area is 173 Å². The van der Waals surface area contributed by atoms with Crippen LogP contribution >= 0.6 is 11.6 Å². The minimum absolute atomic E-state index is 0.0360. The molecule has 0 aromatic heterocycles. The Morgan fingerprint density at radius 3 is 2.38 bits per heavy atom. The first kappa shape index (κ1) is 22.9. The van der Waals surface area contributed by atoms with Crippen LogP contribution in [0.3, 0.4) is 0 Å². The second kappa shape index (κ2) is 9.87. The number of hydrogen-bond acceptors (Lipinski definition) is 3. The zero-order chi connectivity index (χ0) is 21.6. The number of nitrogens with one attached hydrogen (secondary N) is 1. The Balaban J connectivity index is 2.33. The number of carbonyl (C=O) groups excluding carboxylic acids is 1. The van der Waals surface area contributed by atoms with Gasteiger partial charge in [-0.25, -0.2) is 0 Å². The van der Waals surface area contributed by atoms with Gasteiger partial charge in [-0.1, -0.05) is 31.5 Å². The number of anilines is 1. The third-order valence-corrected chi connectivity index (χ3v) is 4.33. The highest BCUT2D eigenvalue weighted by atomic mass is 35.5. The molecule has 158 valence electrons. The van der Waals surface area contributed by atoms with Crippen molar-refractivity contribution in [1.29, 1.82) is 0 Å². The van der Waals surface area contributed by atoms with Crippen LogP contribution in [-0.2, 0) is 6.18 Å². The summed E-state index contributed by atoms with van der Waals surface area (Å²) in [5.41, 5.74) is -0.934. The second-order valence-corrected chi connectivity index (χ2v) is 7.15. The van der Waals surface area contributed by atoms with Gasteiger partial charge in [-0.15, -0.1) is 0 Å². The largest absolute Gasteiger partial charge is 0.493 e. The zero-order valence-corrected chi connectivity index (χ0v) is 17.2. The molecule has 0 aliphatic rings. The molecule has 0 heterocycles. The number of amides is 1. The van der Waals surface area contributed by atoms with Gasteiger partial charge in [-0.05, 0) is 49.6 Å². The van der Waals surface area contributed by atoms with Crippen molar-refractivity contribution in [2.24, 2.45) is 5.92 Å². The van der Waals surface area contributed by atoms with Gasteiger partial charge < -0.3 is 14.8 Å². The van der Waals surface area contributed by atoms with E-state index in [-0.39, 0.29) is 17.0 Å². The van der Waals surface area contributed by atoms with Crippen molar-refractivity contribution in [2.45, 2.75) is 33.4 Å². The molecule has 0 aliphatic heterocycles. The summed E-state index contributed by atoms with van der Waals surface area (Å²) in [6, 6.07) is 8.11. The van der Waals surface area contributed by atoms with Crippen molar-refractivity contribution in [3.05, 3.63) is 52.5 Å². The molecule has 1 amide bonds. The number of benzene rings is 2. The van der Waals surface area contributed by atoms with Gasteiger partial charge in [-0.2, -0.15) is 13.2 Å². The maximum absolute atomic E-state index is 13.1.